The minimum Gasteiger partial charge on any atom is -0.488 e. The molecule has 1 N–H and O–H groups in total. The number of carbonyl (C=O) groups excluding carboxylic acids is 1. The van der Waals surface area contributed by atoms with Gasteiger partial charge in [-0.15, -0.1) is 5.10 Å². The lowest BCUT2D eigenvalue weighted by molar-refractivity contribution is 0.0818. The van der Waals surface area contributed by atoms with Gasteiger partial charge in [0.05, 0.1) is 5.69 Å². The van der Waals surface area contributed by atoms with Crippen LogP contribution in [0.3, 0.4) is 0 Å². The highest BCUT2D eigenvalue weighted by Gasteiger charge is 2.16. The van der Waals surface area contributed by atoms with Crippen LogP contribution in [0.15, 0.2) is 30.5 Å². The molecule has 0 fully saturated rings. The van der Waals surface area contributed by atoms with Crippen molar-refractivity contribution in [2.24, 2.45) is 0 Å². The number of ether oxygens (including phenoxy) is 1. The van der Waals surface area contributed by atoms with Gasteiger partial charge in [0, 0.05) is 17.7 Å². The minimum absolute atomic E-state index is 0.0310. The van der Waals surface area contributed by atoms with Crippen molar-refractivity contribution >= 4 is 11.7 Å². The summed E-state index contributed by atoms with van der Waals surface area (Å²) in [7, 11) is 0. The van der Waals surface area contributed by atoms with Crippen molar-refractivity contribution in [3.8, 4) is 5.75 Å². The second-order valence-electron chi connectivity index (χ2n) is 6.09. The second kappa shape index (κ2) is 7.29. The molecule has 0 atom stereocenters. The minimum atomic E-state index is -2.59. The molecule has 0 aliphatic rings. The number of carbonyl (C=O) groups is 1. The maximum Gasteiger partial charge on any atom is 0.275 e. The van der Waals surface area contributed by atoms with E-state index in [2.05, 4.69) is 20.5 Å². The van der Waals surface area contributed by atoms with Gasteiger partial charge < -0.3 is 10.1 Å². The summed E-state index contributed by atoms with van der Waals surface area (Å²) < 4.78 is 29.2. The van der Waals surface area contributed by atoms with Crippen molar-refractivity contribution in [3.63, 3.8) is 0 Å². The third-order valence-electron chi connectivity index (χ3n) is 3.01. The molecule has 2 heterocycles. The van der Waals surface area contributed by atoms with Gasteiger partial charge in [-0.3, -0.25) is 9.78 Å². The molecule has 2 aromatic rings. The number of halogens is 2. The molecule has 0 saturated heterocycles. The van der Waals surface area contributed by atoms with Gasteiger partial charge in [0.25, 0.3) is 12.3 Å². The molecule has 0 aliphatic carbocycles. The van der Waals surface area contributed by atoms with Gasteiger partial charge in [0.1, 0.15) is 18.1 Å². The van der Waals surface area contributed by atoms with E-state index in [1.54, 1.807) is 12.1 Å². The predicted molar refractivity (Wildman–Crippen MR) is 84.4 cm³/mol. The smallest absolute Gasteiger partial charge is 0.275 e. The Morgan fingerprint density at radius 2 is 2.00 bits per heavy atom. The van der Waals surface area contributed by atoms with Gasteiger partial charge in [-0.2, -0.15) is 5.10 Å². The van der Waals surface area contributed by atoms with Crippen LogP contribution >= 0.6 is 0 Å². The van der Waals surface area contributed by atoms with Gasteiger partial charge >= 0.3 is 0 Å². The largest absolute Gasteiger partial charge is 0.488 e. The molecule has 6 nitrogen and oxygen atoms in total. The number of rotatable bonds is 5. The first kappa shape index (κ1) is 17.7. The summed E-state index contributed by atoms with van der Waals surface area (Å²) in [6.45, 7) is 5.27. The van der Waals surface area contributed by atoms with Crippen molar-refractivity contribution in [1.29, 1.82) is 0 Å². The number of amides is 1. The summed E-state index contributed by atoms with van der Waals surface area (Å²) in [5.74, 6) is -0.117. The molecule has 0 radical (unpaired) electrons. The van der Waals surface area contributed by atoms with E-state index in [0.717, 1.165) is 5.69 Å². The monoisotopic (exact) mass is 336 g/mol. The summed E-state index contributed by atoms with van der Waals surface area (Å²) in [4.78, 5) is 16.0. The summed E-state index contributed by atoms with van der Waals surface area (Å²) in [6, 6.07) is 6.10. The molecular weight excluding hydrogens is 318 g/mol. The molecule has 0 spiro atoms. The number of anilines is 1. The van der Waals surface area contributed by atoms with E-state index in [-0.39, 0.29) is 22.7 Å². The van der Waals surface area contributed by atoms with Crippen LogP contribution in [0.1, 0.15) is 37.0 Å². The molecule has 8 heteroatoms. The Labute approximate surface area is 138 Å². The molecule has 128 valence electrons. The predicted octanol–water partition coefficient (Wildman–Crippen LogP) is 3.07. The first-order valence-corrected chi connectivity index (χ1v) is 7.28. The van der Waals surface area contributed by atoms with Crippen molar-refractivity contribution in [2.75, 3.05) is 11.9 Å². The van der Waals surface area contributed by atoms with E-state index in [4.69, 9.17) is 4.74 Å². The van der Waals surface area contributed by atoms with Gasteiger partial charge in [-0.1, -0.05) is 20.8 Å². The van der Waals surface area contributed by atoms with Gasteiger partial charge in [-0.25, -0.2) is 8.78 Å². The topological polar surface area (TPSA) is 77.0 Å². The number of hydrogen-bond acceptors (Lipinski definition) is 5. The number of nitrogens with zero attached hydrogens (tertiary/aromatic N) is 3. The fourth-order valence-corrected chi connectivity index (χ4v) is 1.76. The third-order valence-corrected chi connectivity index (χ3v) is 3.01. The molecule has 24 heavy (non-hydrogen) atoms. The number of aromatic nitrogens is 3. The van der Waals surface area contributed by atoms with E-state index in [1.165, 1.54) is 18.3 Å². The fourth-order valence-electron chi connectivity index (χ4n) is 1.76. The van der Waals surface area contributed by atoms with Gasteiger partial charge in [0.2, 0.25) is 0 Å². The standard InChI is InChI=1S/C16H18F2N4O2/c1-16(2,3)12-4-5-14(22-21-12)20-15(23)11-8-10(6-7-19-11)24-9-13(17)18/h4-8,13H,9H2,1-3H3,(H,20,22,23). The van der Waals surface area contributed by atoms with Crippen molar-refractivity contribution in [3.05, 3.63) is 41.9 Å². The molecule has 0 aromatic carbocycles. The van der Waals surface area contributed by atoms with Crippen molar-refractivity contribution < 1.29 is 18.3 Å². The Morgan fingerprint density at radius 3 is 2.58 bits per heavy atom. The van der Waals surface area contributed by atoms with Crippen LogP contribution in [0.4, 0.5) is 14.6 Å². The highest BCUT2D eigenvalue weighted by Crippen LogP contribution is 2.20. The maximum atomic E-state index is 12.1. The van der Waals surface area contributed by atoms with E-state index in [9.17, 15) is 13.6 Å². The Hall–Kier alpha value is -2.64. The second-order valence-corrected chi connectivity index (χ2v) is 6.09. The lowest BCUT2D eigenvalue weighted by atomic mass is 9.92. The lowest BCUT2D eigenvalue weighted by Gasteiger charge is -2.16. The number of pyridine rings is 1. The average Bonchev–Trinajstić information content (AvgIpc) is 2.53. The van der Waals surface area contributed by atoms with E-state index in [1.807, 2.05) is 20.8 Å². The van der Waals surface area contributed by atoms with Crippen LogP contribution in [-0.4, -0.2) is 34.1 Å². The lowest BCUT2D eigenvalue weighted by Crippen LogP contribution is -2.18. The molecule has 0 saturated carbocycles. The van der Waals surface area contributed by atoms with Crippen LogP contribution in [0, 0.1) is 0 Å². The van der Waals surface area contributed by atoms with Crippen LogP contribution in [0.25, 0.3) is 0 Å². The zero-order valence-corrected chi connectivity index (χ0v) is 13.6. The van der Waals surface area contributed by atoms with Crippen molar-refractivity contribution in [2.45, 2.75) is 32.6 Å². The molecule has 0 bridgehead atoms. The highest BCUT2D eigenvalue weighted by molar-refractivity contribution is 6.02. The fraction of sp³-hybridized carbons (Fsp3) is 0.375. The quantitative estimate of drug-likeness (QED) is 0.908. The number of nitrogens with one attached hydrogen (secondary N) is 1. The van der Waals surface area contributed by atoms with Crippen LogP contribution in [0.2, 0.25) is 0 Å². The number of alkyl halides is 2. The summed E-state index contributed by atoms with van der Waals surface area (Å²) in [5.41, 5.74) is 0.678. The van der Waals surface area contributed by atoms with Crippen molar-refractivity contribution in [1.82, 2.24) is 15.2 Å². The SMILES string of the molecule is CC(C)(C)c1ccc(NC(=O)c2cc(OCC(F)F)ccn2)nn1. The van der Waals surface area contributed by atoms with E-state index in [0.29, 0.717) is 0 Å². The zero-order valence-electron chi connectivity index (χ0n) is 13.6. The Balaban J connectivity index is 2.05. The molecule has 0 unspecified atom stereocenters. The Bertz CT molecular complexity index is 700. The van der Waals surface area contributed by atoms with Gasteiger partial charge in [0.15, 0.2) is 5.82 Å². The number of hydrogen-bond donors (Lipinski definition) is 1. The summed E-state index contributed by atoms with van der Waals surface area (Å²) in [5, 5.41) is 10.6. The Kier molecular flexibility index (Phi) is 5.38. The molecular formula is C16H18F2N4O2. The normalized spacial score (nSPS) is 11.4. The molecule has 1 amide bonds. The average molecular weight is 336 g/mol. The summed E-state index contributed by atoms with van der Waals surface area (Å²) >= 11 is 0. The van der Waals surface area contributed by atoms with Gasteiger partial charge in [-0.05, 0) is 18.2 Å². The Morgan fingerprint density at radius 1 is 1.25 bits per heavy atom. The first-order valence-electron chi connectivity index (χ1n) is 7.28. The highest BCUT2D eigenvalue weighted by atomic mass is 19.3. The molecule has 0 aliphatic heterocycles. The van der Waals surface area contributed by atoms with E-state index >= 15 is 0 Å². The van der Waals surface area contributed by atoms with E-state index < -0.39 is 18.9 Å². The molecule has 2 rings (SSSR count). The van der Waals surface area contributed by atoms with Crippen LogP contribution < -0.4 is 10.1 Å². The molecule has 2 aromatic heterocycles. The maximum absolute atomic E-state index is 12.1. The summed E-state index contributed by atoms with van der Waals surface area (Å²) in [6.07, 6.45) is -1.28. The first-order chi connectivity index (χ1) is 11.3. The van der Waals surface area contributed by atoms with Crippen LogP contribution in [0.5, 0.6) is 5.75 Å². The third kappa shape index (κ3) is 4.94. The van der Waals surface area contributed by atoms with Crippen LogP contribution in [-0.2, 0) is 5.41 Å². The zero-order chi connectivity index (χ0) is 17.7.